The summed E-state index contributed by atoms with van der Waals surface area (Å²) >= 11 is 0. The molecule has 0 fully saturated rings. The van der Waals surface area contributed by atoms with Crippen LogP contribution in [0.3, 0.4) is 0 Å². The zero-order valence-electron chi connectivity index (χ0n) is 14.6. The standard InChI is InChI=1S/C17H28NO5P/c1-4-21-17(19)16(18)13-15(12-14-10-8-7-9-11-14)24(20,22-5-2)23-6-3/h7-11,15-16H,4-6,12-13,18H2,1-3H3/t15-,16-/m0/s1. The molecule has 0 unspecified atom stereocenters. The Morgan fingerprint density at radius 1 is 1.08 bits per heavy atom. The Bertz CT molecular complexity index is 527. The van der Waals surface area contributed by atoms with Crippen molar-refractivity contribution >= 4 is 13.6 Å². The van der Waals surface area contributed by atoms with Gasteiger partial charge in [-0.2, -0.15) is 0 Å². The molecule has 0 saturated carbocycles. The van der Waals surface area contributed by atoms with Crippen LogP contribution in [0.5, 0.6) is 0 Å². The molecule has 6 nitrogen and oxygen atoms in total. The van der Waals surface area contributed by atoms with Gasteiger partial charge < -0.3 is 19.5 Å². The van der Waals surface area contributed by atoms with Gasteiger partial charge in [0.2, 0.25) is 0 Å². The largest absolute Gasteiger partial charge is 0.465 e. The molecular formula is C17H28NO5P. The van der Waals surface area contributed by atoms with E-state index in [-0.39, 0.29) is 26.2 Å². The number of nitrogens with two attached hydrogens (primary N) is 1. The monoisotopic (exact) mass is 357 g/mol. The Morgan fingerprint density at radius 3 is 2.17 bits per heavy atom. The van der Waals surface area contributed by atoms with E-state index in [0.29, 0.717) is 6.42 Å². The Kier molecular flexibility index (Phi) is 9.22. The average Bonchev–Trinajstić information content (AvgIpc) is 2.55. The first-order valence-corrected chi connectivity index (χ1v) is 9.92. The van der Waals surface area contributed by atoms with Crippen molar-refractivity contribution < 1.29 is 23.1 Å². The van der Waals surface area contributed by atoms with Crippen LogP contribution in [0.25, 0.3) is 0 Å². The van der Waals surface area contributed by atoms with Crippen molar-refractivity contribution in [2.75, 3.05) is 19.8 Å². The minimum atomic E-state index is -3.40. The van der Waals surface area contributed by atoms with Gasteiger partial charge in [-0.25, -0.2) is 0 Å². The predicted molar refractivity (Wildman–Crippen MR) is 94.0 cm³/mol. The van der Waals surface area contributed by atoms with Gasteiger partial charge in [0, 0.05) is 0 Å². The molecule has 0 amide bonds. The third kappa shape index (κ3) is 6.36. The SMILES string of the molecule is CCOC(=O)[C@@H](N)C[C@H](Cc1ccccc1)P(=O)(OCC)OCC. The lowest BCUT2D eigenvalue weighted by Crippen LogP contribution is -2.36. The summed E-state index contributed by atoms with van der Waals surface area (Å²) in [5, 5.41) is 0. The first-order chi connectivity index (χ1) is 11.5. The third-order valence-electron chi connectivity index (χ3n) is 3.49. The number of hydrogen-bond donors (Lipinski definition) is 1. The number of rotatable bonds is 11. The maximum atomic E-state index is 13.2. The number of ether oxygens (including phenoxy) is 1. The van der Waals surface area contributed by atoms with Crippen molar-refractivity contribution in [2.45, 2.75) is 45.3 Å². The van der Waals surface area contributed by atoms with E-state index >= 15 is 0 Å². The number of carbonyl (C=O) groups excluding carboxylic acids is 1. The molecule has 0 radical (unpaired) electrons. The fourth-order valence-electron chi connectivity index (χ4n) is 2.46. The molecule has 1 aromatic rings. The van der Waals surface area contributed by atoms with E-state index in [4.69, 9.17) is 19.5 Å². The zero-order chi connectivity index (χ0) is 18.0. The number of carbonyl (C=O) groups is 1. The normalized spacial score (nSPS) is 14.2. The molecule has 0 spiro atoms. The number of benzene rings is 1. The van der Waals surface area contributed by atoms with Gasteiger partial charge in [-0.1, -0.05) is 30.3 Å². The van der Waals surface area contributed by atoms with Gasteiger partial charge in [0.1, 0.15) is 6.04 Å². The highest BCUT2D eigenvalue weighted by Gasteiger charge is 2.38. The molecule has 0 aliphatic carbocycles. The molecule has 0 aliphatic rings. The minimum absolute atomic E-state index is 0.172. The lowest BCUT2D eigenvalue weighted by Gasteiger charge is -2.28. The van der Waals surface area contributed by atoms with Gasteiger partial charge in [0.25, 0.3) is 0 Å². The molecule has 2 atom stereocenters. The van der Waals surface area contributed by atoms with Crippen molar-refractivity contribution in [3.05, 3.63) is 35.9 Å². The van der Waals surface area contributed by atoms with Crippen LogP contribution in [-0.4, -0.2) is 37.5 Å². The summed E-state index contributed by atoms with van der Waals surface area (Å²) in [7, 11) is -3.40. The quantitative estimate of drug-likeness (QED) is 0.483. The number of hydrogen-bond acceptors (Lipinski definition) is 6. The second kappa shape index (κ2) is 10.6. The van der Waals surface area contributed by atoms with Crippen molar-refractivity contribution in [2.24, 2.45) is 5.73 Å². The summed E-state index contributed by atoms with van der Waals surface area (Å²) in [5.74, 6) is -0.505. The summed E-state index contributed by atoms with van der Waals surface area (Å²) in [6.45, 7) is 6.02. The van der Waals surface area contributed by atoms with E-state index < -0.39 is 25.3 Å². The van der Waals surface area contributed by atoms with Gasteiger partial charge in [-0.05, 0) is 39.2 Å². The lowest BCUT2D eigenvalue weighted by molar-refractivity contribution is -0.144. The van der Waals surface area contributed by atoms with E-state index in [1.165, 1.54) is 0 Å². The Balaban J connectivity index is 3.01. The molecule has 136 valence electrons. The van der Waals surface area contributed by atoms with Crippen LogP contribution in [0, 0.1) is 0 Å². The molecule has 0 aliphatic heterocycles. The fraction of sp³-hybridized carbons (Fsp3) is 0.588. The summed E-state index contributed by atoms with van der Waals surface area (Å²) in [6, 6.07) is 8.73. The van der Waals surface area contributed by atoms with E-state index in [1.54, 1.807) is 20.8 Å². The Hall–Kier alpha value is -1.20. The highest BCUT2D eigenvalue weighted by atomic mass is 31.2. The first kappa shape index (κ1) is 20.8. The summed E-state index contributed by atoms with van der Waals surface area (Å²) in [6.07, 6.45) is 0.621. The average molecular weight is 357 g/mol. The summed E-state index contributed by atoms with van der Waals surface area (Å²) < 4.78 is 29.1. The maximum absolute atomic E-state index is 13.2. The predicted octanol–water partition coefficient (Wildman–Crippen LogP) is 3.14. The smallest absolute Gasteiger partial charge is 0.334 e. The first-order valence-electron chi connectivity index (χ1n) is 8.31. The van der Waals surface area contributed by atoms with E-state index in [9.17, 15) is 9.36 Å². The third-order valence-corrected chi connectivity index (χ3v) is 6.02. The molecule has 7 heteroatoms. The van der Waals surface area contributed by atoms with E-state index in [2.05, 4.69) is 0 Å². The lowest BCUT2D eigenvalue weighted by atomic mass is 10.0. The van der Waals surface area contributed by atoms with Gasteiger partial charge >= 0.3 is 13.6 Å². The van der Waals surface area contributed by atoms with E-state index in [0.717, 1.165) is 5.56 Å². The summed E-state index contributed by atoms with van der Waals surface area (Å²) in [4.78, 5) is 11.9. The Morgan fingerprint density at radius 2 is 1.67 bits per heavy atom. The fourth-order valence-corrected chi connectivity index (χ4v) is 4.59. The van der Waals surface area contributed by atoms with Gasteiger partial charge in [0.15, 0.2) is 0 Å². The van der Waals surface area contributed by atoms with Gasteiger partial charge in [0.05, 0.1) is 25.5 Å². The van der Waals surface area contributed by atoms with Crippen molar-refractivity contribution in [1.29, 1.82) is 0 Å². The molecule has 2 N–H and O–H groups in total. The van der Waals surface area contributed by atoms with Crippen LogP contribution < -0.4 is 5.73 Å². The van der Waals surface area contributed by atoms with Gasteiger partial charge in [-0.3, -0.25) is 9.36 Å². The zero-order valence-corrected chi connectivity index (χ0v) is 15.5. The van der Waals surface area contributed by atoms with Crippen molar-refractivity contribution in [3.63, 3.8) is 0 Å². The van der Waals surface area contributed by atoms with Crippen molar-refractivity contribution in [3.8, 4) is 0 Å². The Labute approximate surface area is 144 Å². The molecule has 1 rings (SSSR count). The molecule has 24 heavy (non-hydrogen) atoms. The molecule has 0 heterocycles. The molecule has 1 aromatic carbocycles. The maximum Gasteiger partial charge on any atom is 0.334 e. The molecule has 0 bridgehead atoms. The highest BCUT2D eigenvalue weighted by Crippen LogP contribution is 2.55. The second-order valence-corrected chi connectivity index (χ2v) is 7.64. The van der Waals surface area contributed by atoms with Crippen LogP contribution in [0.1, 0.15) is 32.8 Å². The number of esters is 1. The van der Waals surface area contributed by atoms with Crippen molar-refractivity contribution in [1.82, 2.24) is 0 Å². The second-order valence-electron chi connectivity index (χ2n) is 5.31. The molecular weight excluding hydrogens is 329 g/mol. The van der Waals surface area contributed by atoms with Crippen LogP contribution in [0.4, 0.5) is 0 Å². The van der Waals surface area contributed by atoms with Crippen LogP contribution in [0.15, 0.2) is 30.3 Å². The van der Waals surface area contributed by atoms with Crippen LogP contribution >= 0.6 is 7.60 Å². The van der Waals surface area contributed by atoms with Crippen LogP contribution in [0.2, 0.25) is 0 Å². The molecule has 0 saturated heterocycles. The van der Waals surface area contributed by atoms with Crippen LogP contribution in [-0.2, 0) is 29.6 Å². The highest BCUT2D eigenvalue weighted by molar-refractivity contribution is 7.54. The van der Waals surface area contributed by atoms with Gasteiger partial charge in [-0.15, -0.1) is 0 Å². The summed E-state index contributed by atoms with van der Waals surface area (Å²) in [5.41, 5.74) is 6.41. The van der Waals surface area contributed by atoms with E-state index in [1.807, 2.05) is 30.3 Å². The molecule has 0 aromatic heterocycles. The minimum Gasteiger partial charge on any atom is -0.465 e. The topological polar surface area (TPSA) is 87.9 Å².